The van der Waals surface area contributed by atoms with Crippen molar-refractivity contribution in [2.45, 2.75) is 20.0 Å². The third kappa shape index (κ3) is 3.22. The van der Waals surface area contributed by atoms with Crippen LogP contribution in [0.3, 0.4) is 0 Å². The molecule has 1 aromatic heterocycles. The molecule has 0 aliphatic carbocycles. The Hall–Kier alpha value is -1.03. The van der Waals surface area contributed by atoms with Gasteiger partial charge in [-0.25, -0.2) is 0 Å². The van der Waals surface area contributed by atoms with Crippen molar-refractivity contribution in [2.24, 2.45) is 0 Å². The molecule has 1 aromatic carbocycles. The lowest BCUT2D eigenvalue weighted by Crippen LogP contribution is -2.13. The zero-order valence-corrected chi connectivity index (χ0v) is 10.8. The molecule has 3 nitrogen and oxygen atoms in total. The number of hydrogen-bond acceptors (Lipinski definition) is 3. The summed E-state index contributed by atoms with van der Waals surface area (Å²) < 4.78 is 4.97. The summed E-state index contributed by atoms with van der Waals surface area (Å²) in [5.74, 6) is 0.808. The summed E-state index contributed by atoms with van der Waals surface area (Å²) >= 11 is 12.0. The van der Waals surface area contributed by atoms with E-state index in [4.69, 9.17) is 27.7 Å². The summed E-state index contributed by atoms with van der Waals surface area (Å²) in [4.78, 5) is 0. The summed E-state index contributed by atoms with van der Waals surface area (Å²) in [7, 11) is 0. The van der Waals surface area contributed by atoms with E-state index < -0.39 is 0 Å². The monoisotopic (exact) mass is 270 g/mol. The summed E-state index contributed by atoms with van der Waals surface area (Å²) in [6.45, 7) is 3.15. The van der Waals surface area contributed by atoms with Gasteiger partial charge in [-0.15, -0.1) is 0 Å². The Morgan fingerprint density at radius 1 is 1.29 bits per heavy atom. The molecule has 0 radical (unpaired) electrons. The summed E-state index contributed by atoms with van der Waals surface area (Å²) in [6.07, 6.45) is 0. The van der Waals surface area contributed by atoms with Crippen LogP contribution in [-0.2, 0) is 13.1 Å². The second-order valence-corrected chi connectivity index (χ2v) is 4.53. The van der Waals surface area contributed by atoms with Gasteiger partial charge in [-0.05, 0) is 18.6 Å². The third-order valence-corrected chi connectivity index (χ3v) is 3.19. The molecule has 2 aromatic rings. The molecule has 0 saturated carbocycles. The molecule has 0 saturated heterocycles. The zero-order valence-electron chi connectivity index (χ0n) is 9.34. The Morgan fingerprint density at radius 2 is 2.12 bits per heavy atom. The molecule has 0 fully saturated rings. The van der Waals surface area contributed by atoms with Crippen molar-refractivity contribution in [3.8, 4) is 0 Å². The Labute approximate surface area is 110 Å². The first-order valence-electron chi connectivity index (χ1n) is 5.22. The highest BCUT2D eigenvalue weighted by Crippen LogP contribution is 2.25. The third-order valence-electron chi connectivity index (χ3n) is 2.33. The van der Waals surface area contributed by atoms with Gasteiger partial charge < -0.3 is 9.84 Å². The molecule has 5 heteroatoms. The van der Waals surface area contributed by atoms with Crippen LogP contribution >= 0.6 is 23.2 Å². The number of nitrogens with one attached hydrogen (secondary N) is 1. The largest absolute Gasteiger partial charge is 0.361 e. The van der Waals surface area contributed by atoms with Crippen LogP contribution in [-0.4, -0.2) is 5.16 Å². The van der Waals surface area contributed by atoms with Gasteiger partial charge in [0.15, 0.2) is 0 Å². The number of hydrogen-bond donors (Lipinski definition) is 1. The van der Waals surface area contributed by atoms with Gasteiger partial charge in [0.25, 0.3) is 0 Å². The highest BCUT2D eigenvalue weighted by atomic mass is 35.5. The topological polar surface area (TPSA) is 38.1 Å². The molecule has 0 unspecified atom stereocenters. The maximum absolute atomic E-state index is 6.07. The van der Waals surface area contributed by atoms with E-state index in [1.54, 1.807) is 6.07 Å². The van der Waals surface area contributed by atoms with Crippen LogP contribution < -0.4 is 5.32 Å². The lowest BCUT2D eigenvalue weighted by atomic mass is 10.2. The SMILES string of the molecule is Cc1cc(CNCc2cccc(Cl)c2Cl)no1. The van der Waals surface area contributed by atoms with Gasteiger partial charge in [-0.3, -0.25) is 0 Å². The zero-order chi connectivity index (χ0) is 12.3. The van der Waals surface area contributed by atoms with E-state index in [9.17, 15) is 0 Å². The fraction of sp³-hybridized carbons (Fsp3) is 0.250. The molecule has 0 atom stereocenters. The first-order valence-corrected chi connectivity index (χ1v) is 5.98. The molecule has 90 valence electrons. The fourth-order valence-electron chi connectivity index (χ4n) is 1.51. The van der Waals surface area contributed by atoms with Crippen molar-refractivity contribution in [2.75, 3.05) is 0 Å². The Bertz CT molecular complexity index is 511. The average Bonchev–Trinajstić information content (AvgIpc) is 2.70. The molecule has 0 aliphatic rings. The Balaban J connectivity index is 1.92. The van der Waals surface area contributed by atoms with E-state index in [0.717, 1.165) is 17.0 Å². The molecule has 2 rings (SSSR count). The van der Waals surface area contributed by atoms with E-state index >= 15 is 0 Å². The lowest BCUT2D eigenvalue weighted by Gasteiger charge is -2.06. The number of benzene rings is 1. The number of rotatable bonds is 4. The molecule has 17 heavy (non-hydrogen) atoms. The fourth-order valence-corrected chi connectivity index (χ4v) is 1.90. The molecule has 1 heterocycles. The number of aromatic nitrogens is 1. The van der Waals surface area contributed by atoms with Gasteiger partial charge >= 0.3 is 0 Å². The number of halogens is 2. The highest BCUT2D eigenvalue weighted by Gasteiger charge is 2.04. The second-order valence-electron chi connectivity index (χ2n) is 3.75. The molecule has 0 aliphatic heterocycles. The van der Waals surface area contributed by atoms with Crippen LogP contribution in [0, 0.1) is 6.92 Å². The molecule has 0 spiro atoms. The van der Waals surface area contributed by atoms with Crippen LogP contribution in [0.15, 0.2) is 28.8 Å². The Morgan fingerprint density at radius 3 is 2.82 bits per heavy atom. The van der Waals surface area contributed by atoms with E-state index in [-0.39, 0.29) is 0 Å². The van der Waals surface area contributed by atoms with E-state index in [1.807, 2.05) is 25.1 Å². The van der Waals surface area contributed by atoms with Crippen molar-refractivity contribution >= 4 is 23.2 Å². The highest BCUT2D eigenvalue weighted by molar-refractivity contribution is 6.42. The van der Waals surface area contributed by atoms with Crippen LogP contribution in [0.2, 0.25) is 10.0 Å². The van der Waals surface area contributed by atoms with Gasteiger partial charge in [-0.2, -0.15) is 0 Å². The summed E-state index contributed by atoms with van der Waals surface area (Å²) in [5.41, 5.74) is 1.85. The minimum absolute atomic E-state index is 0.572. The van der Waals surface area contributed by atoms with E-state index in [2.05, 4.69) is 10.5 Å². The molecule has 0 amide bonds. The van der Waals surface area contributed by atoms with Gasteiger partial charge in [0.2, 0.25) is 0 Å². The Kier molecular flexibility index (Phi) is 4.05. The number of nitrogens with zero attached hydrogens (tertiary/aromatic N) is 1. The van der Waals surface area contributed by atoms with E-state index in [1.165, 1.54) is 0 Å². The first kappa shape index (κ1) is 12.4. The smallest absolute Gasteiger partial charge is 0.133 e. The predicted octanol–water partition coefficient (Wildman–Crippen LogP) is 3.58. The van der Waals surface area contributed by atoms with Crippen molar-refractivity contribution in [3.63, 3.8) is 0 Å². The molecular formula is C12H12Cl2N2O. The van der Waals surface area contributed by atoms with Crippen molar-refractivity contribution < 1.29 is 4.52 Å². The lowest BCUT2D eigenvalue weighted by molar-refractivity contribution is 0.388. The van der Waals surface area contributed by atoms with Crippen molar-refractivity contribution in [3.05, 3.63) is 51.3 Å². The first-order chi connectivity index (χ1) is 8.16. The normalized spacial score (nSPS) is 10.8. The minimum Gasteiger partial charge on any atom is -0.361 e. The number of aryl methyl sites for hydroxylation is 1. The maximum Gasteiger partial charge on any atom is 0.133 e. The van der Waals surface area contributed by atoms with Crippen LogP contribution in [0.1, 0.15) is 17.0 Å². The van der Waals surface area contributed by atoms with E-state index in [0.29, 0.717) is 23.1 Å². The van der Waals surface area contributed by atoms with Gasteiger partial charge in [-0.1, -0.05) is 40.5 Å². The van der Waals surface area contributed by atoms with Gasteiger partial charge in [0.1, 0.15) is 5.76 Å². The second kappa shape index (κ2) is 5.54. The molecular weight excluding hydrogens is 259 g/mol. The summed E-state index contributed by atoms with van der Waals surface area (Å²) in [6, 6.07) is 7.49. The average molecular weight is 271 g/mol. The van der Waals surface area contributed by atoms with Crippen LogP contribution in [0.25, 0.3) is 0 Å². The predicted molar refractivity (Wildman–Crippen MR) is 68.2 cm³/mol. The van der Waals surface area contributed by atoms with Crippen molar-refractivity contribution in [1.82, 2.24) is 10.5 Å². The molecule has 0 bridgehead atoms. The molecule has 1 N–H and O–H groups in total. The van der Waals surface area contributed by atoms with Gasteiger partial charge in [0, 0.05) is 19.2 Å². The maximum atomic E-state index is 6.07. The minimum atomic E-state index is 0.572. The van der Waals surface area contributed by atoms with Crippen LogP contribution in [0.4, 0.5) is 0 Å². The van der Waals surface area contributed by atoms with Crippen LogP contribution in [0.5, 0.6) is 0 Å². The standard InChI is InChI=1S/C12H12Cl2N2O/c1-8-5-10(16-17-8)7-15-6-9-3-2-4-11(13)12(9)14/h2-5,15H,6-7H2,1H3. The van der Waals surface area contributed by atoms with Gasteiger partial charge in [0.05, 0.1) is 15.7 Å². The quantitative estimate of drug-likeness (QED) is 0.923. The van der Waals surface area contributed by atoms with Crippen molar-refractivity contribution in [1.29, 1.82) is 0 Å². The summed E-state index contributed by atoms with van der Waals surface area (Å²) in [5, 5.41) is 8.29.